The van der Waals surface area contributed by atoms with Gasteiger partial charge in [-0.3, -0.25) is 4.98 Å². The number of carbonyl (C=O) groups excluding carboxylic acids is 1. The van der Waals surface area contributed by atoms with Gasteiger partial charge in [-0.2, -0.15) is 0 Å². The van der Waals surface area contributed by atoms with Crippen molar-refractivity contribution in [2.24, 2.45) is 28.3 Å². The Bertz CT molecular complexity index is 1640. The molecule has 1 aromatic carbocycles. The molecule has 1 fully saturated rings. The van der Waals surface area contributed by atoms with Crippen LogP contribution in [0.5, 0.6) is 11.5 Å². The number of hydrogen-bond acceptors (Lipinski definition) is 10. The lowest BCUT2D eigenvalue weighted by Gasteiger charge is -2.59. The van der Waals surface area contributed by atoms with Crippen molar-refractivity contribution >= 4 is 11.8 Å². The van der Waals surface area contributed by atoms with E-state index in [1.165, 1.54) is 0 Å². The highest BCUT2D eigenvalue weighted by Crippen LogP contribution is 2.61. The molecule has 0 bridgehead atoms. The molecule has 0 saturated heterocycles. The molecule has 2 N–H and O–H groups in total. The highest BCUT2D eigenvalue weighted by atomic mass is 16.7. The van der Waals surface area contributed by atoms with Crippen LogP contribution in [0.15, 0.2) is 65.9 Å². The molecule has 296 valence electrons. The number of rotatable bonds is 18. The van der Waals surface area contributed by atoms with Crippen LogP contribution in [0.1, 0.15) is 95.5 Å². The molecule has 2 aliphatic carbocycles. The molecule has 11 heteroatoms. The second-order valence-electron chi connectivity index (χ2n) is 16.0. The van der Waals surface area contributed by atoms with E-state index in [0.29, 0.717) is 44.0 Å². The van der Waals surface area contributed by atoms with Crippen LogP contribution >= 0.6 is 0 Å². The van der Waals surface area contributed by atoms with Crippen LogP contribution in [-0.2, 0) is 20.9 Å². The molecule has 1 aliphatic heterocycles. The first kappa shape index (κ1) is 41.2. The van der Waals surface area contributed by atoms with Gasteiger partial charge in [-0.05, 0) is 92.7 Å². The second-order valence-corrected chi connectivity index (χ2v) is 16.0. The molecule has 0 radical (unpaired) electrons. The zero-order valence-electron chi connectivity index (χ0n) is 33.1. The van der Waals surface area contributed by atoms with Gasteiger partial charge in [0, 0.05) is 43.9 Å². The maximum absolute atomic E-state index is 13.9. The first-order valence-corrected chi connectivity index (χ1v) is 19.6. The summed E-state index contributed by atoms with van der Waals surface area (Å²) in [5.74, 6) is -0.285. The number of nitrogens with zero attached hydrogens (tertiary/aromatic N) is 3. The van der Waals surface area contributed by atoms with E-state index in [0.717, 1.165) is 53.9 Å². The number of allylic oxidation sites excluding steroid dienone is 1. The fourth-order valence-electron chi connectivity index (χ4n) is 8.30. The molecule has 1 saturated carbocycles. The number of unbranched alkanes of at least 4 members (excludes halogenated alkanes) is 2. The quantitative estimate of drug-likeness (QED) is 0.0893. The highest BCUT2D eigenvalue weighted by Gasteiger charge is 2.65. The summed E-state index contributed by atoms with van der Waals surface area (Å²) in [6, 6.07) is 11.2. The predicted molar refractivity (Wildman–Crippen MR) is 208 cm³/mol. The molecule has 0 spiro atoms. The van der Waals surface area contributed by atoms with E-state index in [-0.39, 0.29) is 49.6 Å². The monoisotopic (exact) mass is 747 g/mol. The molecule has 2 heterocycles. The predicted octanol–water partition coefficient (Wildman–Crippen LogP) is 7.74. The van der Waals surface area contributed by atoms with Gasteiger partial charge in [0.25, 0.3) is 0 Å². The van der Waals surface area contributed by atoms with Crippen LogP contribution in [0, 0.1) is 30.1 Å². The zero-order valence-corrected chi connectivity index (χ0v) is 33.1. The number of aliphatic hydroxyl groups is 2. The fraction of sp³-hybridized carbons (Fsp3) is 0.605. The third-order valence-corrected chi connectivity index (χ3v) is 10.7. The van der Waals surface area contributed by atoms with E-state index in [4.69, 9.17) is 28.9 Å². The number of aliphatic hydroxyl groups excluding tert-OH is 2. The molecule has 1 aromatic heterocycles. The van der Waals surface area contributed by atoms with Gasteiger partial charge in [0.1, 0.15) is 30.8 Å². The Morgan fingerprint density at radius 3 is 2.57 bits per heavy atom. The van der Waals surface area contributed by atoms with Crippen molar-refractivity contribution in [3.8, 4) is 11.5 Å². The summed E-state index contributed by atoms with van der Waals surface area (Å²) < 4.78 is 26.4. The number of ether oxygens (including phenoxy) is 4. The Hall–Kier alpha value is -3.93. The van der Waals surface area contributed by atoms with Crippen molar-refractivity contribution in [3.05, 3.63) is 77.7 Å². The van der Waals surface area contributed by atoms with Gasteiger partial charge in [-0.25, -0.2) is 4.79 Å². The summed E-state index contributed by atoms with van der Waals surface area (Å²) in [5.41, 5.74) is 4.26. The van der Waals surface area contributed by atoms with Gasteiger partial charge in [0.2, 0.25) is 5.79 Å². The van der Waals surface area contributed by atoms with Gasteiger partial charge < -0.3 is 38.9 Å². The van der Waals surface area contributed by atoms with Crippen molar-refractivity contribution in [2.75, 3.05) is 40.1 Å². The number of amides is 1. The van der Waals surface area contributed by atoms with E-state index >= 15 is 0 Å². The molecule has 6 atom stereocenters. The van der Waals surface area contributed by atoms with E-state index in [1.807, 2.05) is 65.0 Å². The maximum Gasteiger partial charge on any atom is 0.410 e. The summed E-state index contributed by atoms with van der Waals surface area (Å²) in [4.78, 5) is 25.9. The normalized spacial score (nSPS) is 25.1. The molecule has 54 heavy (non-hydrogen) atoms. The van der Waals surface area contributed by atoms with Crippen LogP contribution in [-0.4, -0.2) is 83.8 Å². The number of hydrogen-bond donors (Lipinski definition) is 2. The fourth-order valence-corrected chi connectivity index (χ4v) is 8.30. The second kappa shape index (κ2) is 18.6. The molecule has 5 rings (SSSR count). The third kappa shape index (κ3) is 9.47. The van der Waals surface area contributed by atoms with E-state index in [9.17, 15) is 15.0 Å². The lowest BCUT2D eigenvalue weighted by atomic mass is 9.55. The summed E-state index contributed by atoms with van der Waals surface area (Å²) in [6.45, 7) is 15.3. The lowest BCUT2D eigenvalue weighted by Crippen LogP contribution is -2.69. The molecule has 3 aliphatic rings. The van der Waals surface area contributed by atoms with Crippen LogP contribution < -0.4 is 9.47 Å². The average molecular weight is 748 g/mol. The molecule has 11 nitrogen and oxygen atoms in total. The Kier molecular flexibility index (Phi) is 14.2. The largest absolute Gasteiger partial charge is 0.487 e. The van der Waals surface area contributed by atoms with Crippen LogP contribution in [0.4, 0.5) is 4.79 Å². The van der Waals surface area contributed by atoms with E-state index < -0.39 is 23.8 Å². The van der Waals surface area contributed by atoms with Crippen LogP contribution in [0.2, 0.25) is 0 Å². The van der Waals surface area contributed by atoms with E-state index in [2.05, 4.69) is 23.7 Å². The topological polar surface area (TPSA) is 132 Å². The van der Waals surface area contributed by atoms with Crippen molar-refractivity contribution < 1.29 is 38.8 Å². The average Bonchev–Trinajstić information content (AvgIpc) is 3.15. The summed E-state index contributed by atoms with van der Waals surface area (Å²) in [6.07, 6.45) is 8.67. The summed E-state index contributed by atoms with van der Waals surface area (Å²) in [5, 5.41) is 24.3. The highest BCUT2D eigenvalue weighted by molar-refractivity contribution is 6.02. The smallest absolute Gasteiger partial charge is 0.410 e. The minimum atomic E-state index is -1.34. The number of carbonyl (C=O) groups is 1. The molecule has 1 amide bonds. The van der Waals surface area contributed by atoms with Crippen molar-refractivity contribution in [3.63, 3.8) is 0 Å². The number of fused-ring (bicyclic) bond motifs is 2. The lowest BCUT2D eigenvalue weighted by molar-refractivity contribution is -0.253. The third-order valence-electron chi connectivity index (χ3n) is 10.7. The Labute approximate surface area is 321 Å². The van der Waals surface area contributed by atoms with Crippen LogP contribution in [0.25, 0.3) is 0 Å². The first-order chi connectivity index (χ1) is 26.0. The minimum absolute atomic E-state index is 0.109. The summed E-state index contributed by atoms with van der Waals surface area (Å²) >= 11 is 0. The first-order valence-electron chi connectivity index (χ1n) is 19.6. The van der Waals surface area contributed by atoms with Gasteiger partial charge in [0.05, 0.1) is 30.5 Å². The van der Waals surface area contributed by atoms with E-state index in [1.54, 1.807) is 18.0 Å². The molecule has 2 aromatic rings. The SMILES string of the molecule is C=CCOC12Oc3ccc(OCc4cccc(C)n4)cc3C3C(CCCCO)C(CCCCO)C=C(C(=NOCC)CC1N(C)C(=O)OCC(C)(C)C)C32. The number of aromatic nitrogens is 1. The zero-order chi connectivity index (χ0) is 38.9. The molecule has 6 unspecified atom stereocenters. The van der Waals surface area contributed by atoms with Gasteiger partial charge in [-0.15, -0.1) is 6.58 Å². The van der Waals surface area contributed by atoms with Crippen molar-refractivity contribution in [2.45, 2.75) is 104 Å². The van der Waals surface area contributed by atoms with Crippen molar-refractivity contribution in [1.82, 2.24) is 9.88 Å². The number of benzene rings is 1. The maximum atomic E-state index is 13.9. The van der Waals surface area contributed by atoms with Gasteiger partial charge in [-0.1, -0.05) is 57.0 Å². The van der Waals surface area contributed by atoms with Gasteiger partial charge >= 0.3 is 6.09 Å². The number of pyridine rings is 1. The number of aryl methyl sites for hydroxylation is 1. The standard InChI is InChI=1S/C43H61N3O8/c1-8-23-52-43-38(46(7)41(49)51-28-42(4,5)6)26-36(45-53-9-2)34-24-30(16-10-12-21-47)33(18-11-13-22-48)39(40(34)43)35-25-32(19-20-37(35)54-43)50-27-31-17-14-15-29(3)44-31/h8,14-15,17,19-20,24-25,30,33,38-40,47-48H,1,9-13,16,18,21-23,26-28H2,2-7H3. The minimum Gasteiger partial charge on any atom is -0.487 e. The Morgan fingerprint density at radius 1 is 1.13 bits per heavy atom. The molecular formula is C43H61N3O8. The summed E-state index contributed by atoms with van der Waals surface area (Å²) in [7, 11) is 1.74. The van der Waals surface area contributed by atoms with Crippen LogP contribution in [0.3, 0.4) is 0 Å². The number of oxime groups is 1. The van der Waals surface area contributed by atoms with Gasteiger partial charge in [0.15, 0.2) is 0 Å². The molecular weight excluding hydrogens is 686 g/mol. The Balaban J connectivity index is 1.70. The Morgan fingerprint density at radius 2 is 1.89 bits per heavy atom. The van der Waals surface area contributed by atoms with Crippen molar-refractivity contribution in [1.29, 1.82) is 0 Å². The number of likely N-dealkylation sites (N-methyl/N-ethyl adjacent to an activating group) is 1.